The quantitative estimate of drug-likeness (QED) is 0.367. The standard InChI is InChI=1S/C27H22N6O4/c1-15-3-6-18(7-4-15)25-31-27(37-32-25)21-13-33(26-20(23(21)35)12-5-16(2)29-26)14-22(34)30-19-10-8-17(9-11-19)24(28)36/h3-13H,14H2,1-2H3,(H2,28,36)(H,30,34). The zero-order valence-corrected chi connectivity index (χ0v) is 20.1. The van der Waals surface area contributed by atoms with Crippen LogP contribution in [0.2, 0.25) is 0 Å². The van der Waals surface area contributed by atoms with E-state index in [0.29, 0.717) is 33.8 Å². The maximum absolute atomic E-state index is 13.3. The van der Waals surface area contributed by atoms with Crippen LogP contribution in [-0.2, 0) is 11.3 Å². The van der Waals surface area contributed by atoms with E-state index in [9.17, 15) is 14.4 Å². The van der Waals surface area contributed by atoms with E-state index in [1.807, 2.05) is 31.2 Å². The van der Waals surface area contributed by atoms with Gasteiger partial charge in [0, 0.05) is 28.7 Å². The highest BCUT2D eigenvalue weighted by molar-refractivity contribution is 5.95. The van der Waals surface area contributed by atoms with E-state index in [-0.39, 0.29) is 29.3 Å². The summed E-state index contributed by atoms with van der Waals surface area (Å²) in [7, 11) is 0. The minimum Gasteiger partial charge on any atom is -0.366 e. The van der Waals surface area contributed by atoms with E-state index < -0.39 is 5.91 Å². The summed E-state index contributed by atoms with van der Waals surface area (Å²) in [4.78, 5) is 46.4. The van der Waals surface area contributed by atoms with E-state index in [2.05, 4.69) is 20.4 Å². The molecule has 3 heterocycles. The molecule has 5 aromatic rings. The Morgan fingerprint density at radius 1 is 0.973 bits per heavy atom. The SMILES string of the molecule is Cc1ccc(-c2noc(-c3cn(CC(=O)Nc4ccc(C(N)=O)cc4)c4nc(C)ccc4c3=O)n2)cc1. The van der Waals surface area contributed by atoms with Gasteiger partial charge in [-0.15, -0.1) is 0 Å². The molecule has 0 fully saturated rings. The number of benzene rings is 2. The first kappa shape index (κ1) is 23.6. The fourth-order valence-electron chi connectivity index (χ4n) is 3.86. The van der Waals surface area contributed by atoms with Crippen LogP contribution in [0.5, 0.6) is 0 Å². The van der Waals surface area contributed by atoms with Crippen LogP contribution >= 0.6 is 0 Å². The number of hydrogen-bond donors (Lipinski definition) is 2. The first-order chi connectivity index (χ1) is 17.8. The average molecular weight is 495 g/mol. The molecule has 3 N–H and O–H groups in total. The molecule has 184 valence electrons. The first-order valence-corrected chi connectivity index (χ1v) is 11.4. The van der Waals surface area contributed by atoms with Crippen molar-refractivity contribution >= 4 is 28.5 Å². The Bertz CT molecular complexity index is 1700. The zero-order valence-electron chi connectivity index (χ0n) is 20.1. The van der Waals surface area contributed by atoms with Crippen LogP contribution in [0.25, 0.3) is 33.9 Å². The molecule has 10 heteroatoms. The van der Waals surface area contributed by atoms with E-state index in [1.54, 1.807) is 35.8 Å². The molecule has 0 aliphatic heterocycles. The van der Waals surface area contributed by atoms with Gasteiger partial charge in [-0.05, 0) is 50.2 Å². The number of nitrogens with two attached hydrogens (primary N) is 1. The van der Waals surface area contributed by atoms with E-state index in [0.717, 1.165) is 11.1 Å². The van der Waals surface area contributed by atoms with Crippen molar-refractivity contribution in [1.29, 1.82) is 0 Å². The molecular formula is C27H22N6O4. The Morgan fingerprint density at radius 2 is 1.70 bits per heavy atom. The molecule has 5 rings (SSSR count). The largest absolute Gasteiger partial charge is 0.366 e. The van der Waals surface area contributed by atoms with Crippen LogP contribution in [0.3, 0.4) is 0 Å². The normalized spacial score (nSPS) is 11.0. The number of amides is 2. The summed E-state index contributed by atoms with van der Waals surface area (Å²) in [5.41, 5.74) is 8.80. The molecule has 0 spiro atoms. The second-order valence-electron chi connectivity index (χ2n) is 8.60. The number of fused-ring (bicyclic) bond motifs is 1. The fourth-order valence-corrected chi connectivity index (χ4v) is 3.86. The highest BCUT2D eigenvalue weighted by Crippen LogP contribution is 2.23. The lowest BCUT2D eigenvalue weighted by Crippen LogP contribution is -2.22. The molecule has 10 nitrogen and oxygen atoms in total. The van der Waals surface area contributed by atoms with Crippen LogP contribution < -0.4 is 16.5 Å². The molecule has 3 aromatic heterocycles. The topological polar surface area (TPSA) is 146 Å². The van der Waals surface area contributed by atoms with Gasteiger partial charge >= 0.3 is 0 Å². The average Bonchev–Trinajstić information content (AvgIpc) is 3.36. The summed E-state index contributed by atoms with van der Waals surface area (Å²) in [6.07, 6.45) is 1.50. The number of rotatable bonds is 6. The number of anilines is 1. The highest BCUT2D eigenvalue weighted by atomic mass is 16.5. The predicted octanol–water partition coefficient (Wildman–Crippen LogP) is 3.47. The van der Waals surface area contributed by atoms with Gasteiger partial charge < -0.3 is 20.1 Å². The van der Waals surface area contributed by atoms with Gasteiger partial charge in [-0.3, -0.25) is 14.4 Å². The summed E-state index contributed by atoms with van der Waals surface area (Å²) in [6.45, 7) is 3.64. The molecule has 0 aliphatic carbocycles. The number of carbonyl (C=O) groups excluding carboxylic acids is 2. The molecule has 0 atom stereocenters. The highest BCUT2D eigenvalue weighted by Gasteiger charge is 2.19. The van der Waals surface area contributed by atoms with Crippen LogP contribution in [0, 0.1) is 13.8 Å². The third-order valence-corrected chi connectivity index (χ3v) is 5.79. The number of aryl methyl sites for hydroxylation is 2. The van der Waals surface area contributed by atoms with Crippen LogP contribution in [0.4, 0.5) is 5.69 Å². The Hall–Kier alpha value is -5.12. The first-order valence-electron chi connectivity index (χ1n) is 11.4. The smallest absolute Gasteiger partial charge is 0.263 e. The number of carbonyl (C=O) groups is 2. The number of primary amides is 1. The van der Waals surface area contributed by atoms with E-state index >= 15 is 0 Å². The van der Waals surface area contributed by atoms with Crippen LogP contribution in [0.1, 0.15) is 21.6 Å². The molecule has 0 saturated carbocycles. The molecule has 0 bridgehead atoms. The van der Waals surface area contributed by atoms with E-state index in [1.165, 1.54) is 18.3 Å². The Kier molecular flexibility index (Phi) is 6.06. The fraction of sp³-hybridized carbons (Fsp3) is 0.111. The lowest BCUT2D eigenvalue weighted by Gasteiger charge is -2.12. The van der Waals surface area contributed by atoms with Crippen molar-refractivity contribution in [2.45, 2.75) is 20.4 Å². The maximum atomic E-state index is 13.3. The summed E-state index contributed by atoms with van der Waals surface area (Å²) >= 11 is 0. The lowest BCUT2D eigenvalue weighted by atomic mass is 10.1. The number of nitrogens with one attached hydrogen (secondary N) is 1. The van der Waals surface area contributed by atoms with Crippen molar-refractivity contribution in [3.8, 4) is 22.8 Å². The Labute approximate surface area is 210 Å². The van der Waals surface area contributed by atoms with Crippen molar-refractivity contribution in [1.82, 2.24) is 19.7 Å². The molecule has 37 heavy (non-hydrogen) atoms. The summed E-state index contributed by atoms with van der Waals surface area (Å²) in [5, 5.41) is 7.12. The van der Waals surface area contributed by atoms with Crippen molar-refractivity contribution in [3.63, 3.8) is 0 Å². The van der Waals surface area contributed by atoms with Gasteiger partial charge in [0.25, 0.3) is 5.89 Å². The van der Waals surface area contributed by atoms with Gasteiger partial charge in [-0.1, -0.05) is 35.0 Å². The number of pyridine rings is 2. The molecular weight excluding hydrogens is 472 g/mol. The molecule has 0 radical (unpaired) electrons. The van der Waals surface area contributed by atoms with Gasteiger partial charge in [0.1, 0.15) is 17.8 Å². The van der Waals surface area contributed by atoms with Crippen molar-refractivity contribution in [2.75, 3.05) is 5.32 Å². The Morgan fingerprint density at radius 3 is 2.41 bits per heavy atom. The van der Waals surface area contributed by atoms with Gasteiger partial charge in [-0.2, -0.15) is 4.98 Å². The predicted molar refractivity (Wildman–Crippen MR) is 138 cm³/mol. The maximum Gasteiger partial charge on any atom is 0.263 e. The van der Waals surface area contributed by atoms with Crippen molar-refractivity contribution in [3.05, 3.63) is 93.9 Å². The number of hydrogen-bond acceptors (Lipinski definition) is 7. The lowest BCUT2D eigenvalue weighted by molar-refractivity contribution is -0.116. The van der Waals surface area contributed by atoms with Crippen LogP contribution in [-0.4, -0.2) is 31.5 Å². The number of nitrogens with zero attached hydrogens (tertiary/aromatic N) is 4. The second kappa shape index (κ2) is 9.50. The molecule has 0 saturated heterocycles. The third-order valence-electron chi connectivity index (χ3n) is 5.79. The summed E-state index contributed by atoms with van der Waals surface area (Å²) in [5.74, 6) is -0.533. The van der Waals surface area contributed by atoms with Gasteiger partial charge in [0.2, 0.25) is 23.1 Å². The van der Waals surface area contributed by atoms with Crippen LogP contribution in [0.15, 0.2) is 76.2 Å². The summed E-state index contributed by atoms with van der Waals surface area (Å²) in [6, 6.07) is 17.2. The second-order valence-corrected chi connectivity index (χ2v) is 8.60. The monoisotopic (exact) mass is 494 g/mol. The van der Waals surface area contributed by atoms with Gasteiger partial charge in [0.15, 0.2) is 0 Å². The summed E-state index contributed by atoms with van der Waals surface area (Å²) < 4.78 is 7.01. The molecule has 2 amide bonds. The zero-order chi connectivity index (χ0) is 26.1. The minimum atomic E-state index is -0.557. The van der Waals surface area contributed by atoms with Gasteiger partial charge in [-0.25, -0.2) is 4.98 Å². The molecule has 0 aliphatic rings. The molecule has 2 aromatic carbocycles. The Balaban J connectivity index is 1.51. The third kappa shape index (κ3) is 4.85. The van der Waals surface area contributed by atoms with Gasteiger partial charge in [0.05, 0.1) is 5.39 Å². The number of aromatic nitrogens is 4. The van der Waals surface area contributed by atoms with Crippen molar-refractivity contribution in [2.24, 2.45) is 5.73 Å². The van der Waals surface area contributed by atoms with Crippen molar-refractivity contribution < 1.29 is 14.1 Å². The minimum absolute atomic E-state index is 0.0410. The van der Waals surface area contributed by atoms with E-state index in [4.69, 9.17) is 10.3 Å². The molecule has 0 unspecified atom stereocenters.